The second-order valence-electron chi connectivity index (χ2n) is 9.07. The summed E-state index contributed by atoms with van der Waals surface area (Å²) in [7, 11) is 1.59. The molecule has 0 aliphatic carbocycles. The van der Waals surface area contributed by atoms with Gasteiger partial charge in [-0.2, -0.15) is 0 Å². The molecular formula is C29H24N4O4S. The van der Waals surface area contributed by atoms with E-state index in [4.69, 9.17) is 4.74 Å². The van der Waals surface area contributed by atoms with Gasteiger partial charge in [0.1, 0.15) is 17.1 Å². The van der Waals surface area contributed by atoms with Gasteiger partial charge in [-0.05, 0) is 54.8 Å². The lowest BCUT2D eigenvalue weighted by Crippen LogP contribution is -2.29. The third-order valence-electron chi connectivity index (χ3n) is 6.87. The first-order valence-corrected chi connectivity index (χ1v) is 13.0. The summed E-state index contributed by atoms with van der Waals surface area (Å²) >= 11 is 1.29. The maximum Gasteiger partial charge on any atom is 0.301 e. The number of nitrogens with zero attached hydrogens (tertiary/aromatic N) is 4. The van der Waals surface area contributed by atoms with E-state index in [1.54, 1.807) is 30.7 Å². The second kappa shape index (κ2) is 9.11. The molecule has 4 heterocycles. The van der Waals surface area contributed by atoms with Gasteiger partial charge >= 0.3 is 5.91 Å². The highest BCUT2D eigenvalue weighted by molar-refractivity contribution is 7.22. The van der Waals surface area contributed by atoms with Gasteiger partial charge in [-0.3, -0.25) is 18.9 Å². The summed E-state index contributed by atoms with van der Waals surface area (Å²) in [5.74, 6) is -1.11. The Hall–Kier alpha value is -4.50. The van der Waals surface area contributed by atoms with Gasteiger partial charge in [-0.1, -0.05) is 48.6 Å². The van der Waals surface area contributed by atoms with Gasteiger partial charge in [-0.15, -0.1) is 0 Å². The second-order valence-corrected chi connectivity index (χ2v) is 10.1. The number of hydrogen-bond acceptors (Lipinski definition) is 7. The van der Waals surface area contributed by atoms with Gasteiger partial charge < -0.3 is 9.84 Å². The van der Waals surface area contributed by atoms with E-state index >= 15 is 0 Å². The Morgan fingerprint density at radius 3 is 2.61 bits per heavy atom. The standard InChI is InChI=1S/C29H24N4O4S/c1-4-17-8-10-18(11-9-17)25-23(26(34)24-16(2)30-22-7-5-6-14-32(22)24)27(35)28(36)33(25)29-31-20-13-12-19(37-3)15-21(20)38-29/h5-15,25,34H,4H2,1-3H3. The van der Waals surface area contributed by atoms with Crippen LogP contribution in [0.5, 0.6) is 5.75 Å². The molecule has 0 radical (unpaired) electrons. The summed E-state index contributed by atoms with van der Waals surface area (Å²) in [6.45, 7) is 3.83. The van der Waals surface area contributed by atoms with E-state index in [1.807, 2.05) is 54.6 Å². The molecule has 0 spiro atoms. The van der Waals surface area contributed by atoms with Gasteiger partial charge in [0.15, 0.2) is 10.9 Å². The number of methoxy groups -OCH3 is 1. The van der Waals surface area contributed by atoms with Crippen molar-refractivity contribution in [3.05, 3.63) is 94.9 Å². The van der Waals surface area contributed by atoms with Crippen LogP contribution in [-0.2, 0) is 16.0 Å². The number of thiazole rings is 1. The number of aliphatic hydroxyl groups excluding tert-OH is 1. The normalized spacial score (nSPS) is 17.1. The first-order chi connectivity index (χ1) is 18.4. The zero-order chi connectivity index (χ0) is 26.6. The highest BCUT2D eigenvalue weighted by atomic mass is 32.1. The monoisotopic (exact) mass is 524 g/mol. The largest absolute Gasteiger partial charge is 0.505 e. The number of carbonyl (C=O) groups excluding carboxylic acids is 2. The molecule has 0 bridgehead atoms. The summed E-state index contributed by atoms with van der Waals surface area (Å²) in [6, 6.07) is 17.8. The maximum absolute atomic E-state index is 13.6. The van der Waals surface area contributed by atoms with Crippen LogP contribution < -0.4 is 9.64 Å². The number of benzene rings is 2. The molecule has 1 fully saturated rings. The van der Waals surface area contributed by atoms with Crippen LogP contribution in [0, 0.1) is 6.92 Å². The van der Waals surface area contributed by atoms with E-state index in [-0.39, 0.29) is 11.3 Å². The van der Waals surface area contributed by atoms with Crippen LogP contribution in [0.1, 0.15) is 35.5 Å². The minimum absolute atomic E-state index is 0.00448. The Labute approximate surface area is 222 Å². The lowest BCUT2D eigenvalue weighted by molar-refractivity contribution is -0.132. The van der Waals surface area contributed by atoms with Gasteiger partial charge in [0.2, 0.25) is 0 Å². The zero-order valence-electron chi connectivity index (χ0n) is 21.0. The lowest BCUT2D eigenvalue weighted by Gasteiger charge is -2.23. The minimum Gasteiger partial charge on any atom is -0.505 e. The minimum atomic E-state index is -0.864. The number of rotatable bonds is 5. The number of fused-ring (bicyclic) bond motifs is 2. The molecule has 3 aromatic heterocycles. The summed E-state index contributed by atoms with van der Waals surface area (Å²) in [5.41, 5.74) is 4.07. The molecule has 1 unspecified atom stereocenters. The Morgan fingerprint density at radius 2 is 1.87 bits per heavy atom. The number of aryl methyl sites for hydroxylation is 2. The fourth-order valence-corrected chi connectivity index (χ4v) is 5.95. The van der Waals surface area contributed by atoms with Gasteiger partial charge in [0, 0.05) is 6.20 Å². The molecule has 1 amide bonds. The number of aromatic nitrogens is 3. The molecule has 190 valence electrons. The lowest BCUT2D eigenvalue weighted by atomic mass is 9.95. The van der Waals surface area contributed by atoms with Crippen LogP contribution in [-0.4, -0.2) is 38.3 Å². The number of aliphatic hydroxyl groups is 1. The molecule has 1 N–H and O–H groups in total. The van der Waals surface area contributed by atoms with E-state index in [2.05, 4.69) is 16.9 Å². The Balaban J connectivity index is 1.59. The summed E-state index contributed by atoms with van der Waals surface area (Å²) < 4.78 is 7.88. The average molecular weight is 525 g/mol. The van der Waals surface area contributed by atoms with Crippen molar-refractivity contribution >= 4 is 49.8 Å². The Kier molecular flexibility index (Phi) is 5.72. The molecule has 38 heavy (non-hydrogen) atoms. The fourth-order valence-electron chi connectivity index (χ4n) is 4.93. The molecule has 1 saturated heterocycles. The third-order valence-corrected chi connectivity index (χ3v) is 7.88. The van der Waals surface area contributed by atoms with Crippen LogP contribution in [0.15, 0.2) is 72.4 Å². The molecule has 5 aromatic rings. The number of Topliss-reactive ketones (excluding diaryl/α,β-unsaturated/α-hetero) is 1. The van der Waals surface area contributed by atoms with E-state index in [1.165, 1.54) is 16.2 Å². The molecule has 1 aliphatic heterocycles. The number of hydrogen-bond donors (Lipinski definition) is 1. The molecular weight excluding hydrogens is 500 g/mol. The van der Waals surface area contributed by atoms with Crippen molar-refractivity contribution in [1.82, 2.24) is 14.4 Å². The first-order valence-electron chi connectivity index (χ1n) is 12.2. The number of amides is 1. The van der Waals surface area contributed by atoms with Crippen molar-refractivity contribution in [3.8, 4) is 5.75 Å². The topological polar surface area (TPSA) is 97.0 Å². The predicted octanol–water partition coefficient (Wildman–Crippen LogP) is 5.45. The van der Waals surface area contributed by atoms with Crippen molar-refractivity contribution in [1.29, 1.82) is 0 Å². The fraction of sp³-hybridized carbons (Fsp3) is 0.172. The Bertz CT molecular complexity index is 1770. The van der Waals surface area contributed by atoms with Crippen molar-refractivity contribution < 1.29 is 19.4 Å². The third kappa shape index (κ3) is 3.66. The predicted molar refractivity (Wildman–Crippen MR) is 147 cm³/mol. The van der Waals surface area contributed by atoms with Crippen LogP contribution in [0.25, 0.3) is 21.6 Å². The van der Waals surface area contributed by atoms with Crippen molar-refractivity contribution in [2.24, 2.45) is 0 Å². The number of carbonyl (C=O) groups is 2. The molecule has 8 nitrogen and oxygen atoms in total. The van der Waals surface area contributed by atoms with Crippen molar-refractivity contribution in [2.75, 3.05) is 12.0 Å². The summed E-state index contributed by atoms with van der Waals surface area (Å²) in [5, 5.41) is 12.0. The quantitative estimate of drug-likeness (QED) is 0.187. The molecule has 2 aromatic carbocycles. The summed E-state index contributed by atoms with van der Waals surface area (Å²) in [4.78, 5) is 37.8. The van der Waals surface area contributed by atoms with Crippen LogP contribution in [0.3, 0.4) is 0 Å². The zero-order valence-corrected chi connectivity index (χ0v) is 21.8. The van der Waals surface area contributed by atoms with Crippen LogP contribution in [0.2, 0.25) is 0 Å². The number of ether oxygens (including phenoxy) is 1. The van der Waals surface area contributed by atoms with Gasteiger partial charge in [-0.25, -0.2) is 9.97 Å². The highest BCUT2D eigenvalue weighted by Crippen LogP contribution is 2.45. The maximum atomic E-state index is 13.6. The van der Waals surface area contributed by atoms with Gasteiger partial charge in [0.25, 0.3) is 5.78 Å². The molecule has 9 heteroatoms. The first kappa shape index (κ1) is 23.9. The average Bonchev–Trinajstić information content (AvgIpc) is 3.58. The van der Waals surface area contributed by atoms with Crippen molar-refractivity contribution in [2.45, 2.75) is 26.3 Å². The molecule has 1 aliphatic rings. The summed E-state index contributed by atoms with van der Waals surface area (Å²) in [6.07, 6.45) is 2.62. The Morgan fingerprint density at radius 1 is 1.08 bits per heavy atom. The van der Waals surface area contributed by atoms with Crippen LogP contribution >= 0.6 is 11.3 Å². The van der Waals surface area contributed by atoms with Crippen molar-refractivity contribution in [3.63, 3.8) is 0 Å². The van der Waals surface area contributed by atoms with E-state index in [9.17, 15) is 14.7 Å². The van der Waals surface area contributed by atoms with E-state index < -0.39 is 17.7 Å². The number of imidazole rings is 1. The molecule has 0 saturated carbocycles. The van der Waals surface area contributed by atoms with E-state index in [0.717, 1.165) is 16.7 Å². The van der Waals surface area contributed by atoms with Crippen LogP contribution in [0.4, 0.5) is 5.13 Å². The van der Waals surface area contributed by atoms with E-state index in [0.29, 0.717) is 39.0 Å². The molecule has 6 rings (SSSR count). The van der Waals surface area contributed by atoms with Gasteiger partial charge in [0.05, 0.1) is 34.6 Å². The smallest absolute Gasteiger partial charge is 0.301 e. The number of ketones is 1. The SMILES string of the molecule is CCc1ccc(C2C(=C(O)c3c(C)nc4ccccn34)C(=O)C(=O)N2c2nc3ccc(OC)cc3s2)cc1. The number of anilines is 1. The molecule has 1 atom stereocenters. The highest BCUT2D eigenvalue weighted by Gasteiger charge is 2.48. The number of pyridine rings is 1.